The van der Waals surface area contributed by atoms with E-state index in [-0.39, 0.29) is 0 Å². The smallest absolute Gasteiger partial charge is 0.0623 e. The SMILES string of the molecule is c1ccc([Si](c2ccccc2)(c2cc3ccc4cccc5ccc(c2)c3c45)c2cc3ccc4cccc5ccc(c2)c3c45)cc1. The first-order valence-electron chi connectivity index (χ1n) is 15.8. The van der Waals surface area contributed by atoms with E-state index in [1.165, 1.54) is 85.4 Å². The number of hydrogen-bond donors (Lipinski definition) is 0. The van der Waals surface area contributed by atoms with E-state index in [0.29, 0.717) is 0 Å². The molecule has 10 rings (SSSR count). The maximum absolute atomic E-state index is 2.79. The average molecular weight is 585 g/mol. The summed E-state index contributed by atoms with van der Waals surface area (Å²) in [4.78, 5) is 0. The normalized spacial score (nSPS) is 12.4. The van der Waals surface area contributed by atoms with Crippen LogP contribution >= 0.6 is 0 Å². The van der Waals surface area contributed by atoms with Crippen molar-refractivity contribution in [3.05, 3.63) is 170 Å². The molecule has 10 aromatic rings. The van der Waals surface area contributed by atoms with E-state index < -0.39 is 8.07 Å². The monoisotopic (exact) mass is 584 g/mol. The van der Waals surface area contributed by atoms with Crippen LogP contribution in [0.5, 0.6) is 0 Å². The van der Waals surface area contributed by atoms with Crippen LogP contribution in [0.3, 0.4) is 0 Å². The predicted octanol–water partition coefficient (Wildman–Crippen LogP) is 8.86. The number of rotatable bonds is 4. The van der Waals surface area contributed by atoms with Crippen LogP contribution in [0.15, 0.2) is 170 Å². The molecule has 0 aliphatic heterocycles. The largest absolute Gasteiger partial charge is 0.179 e. The molecule has 0 aliphatic rings. The van der Waals surface area contributed by atoms with Crippen molar-refractivity contribution < 1.29 is 0 Å². The summed E-state index contributed by atoms with van der Waals surface area (Å²) < 4.78 is 0. The Hall–Kier alpha value is -5.50. The second-order valence-electron chi connectivity index (χ2n) is 12.5. The second-order valence-corrected chi connectivity index (χ2v) is 16.3. The lowest BCUT2D eigenvalue weighted by atomic mass is 9.94. The summed E-state index contributed by atoms with van der Waals surface area (Å²) in [6.07, 6.45) is 0. The van der Waals surface area contributed by atoms with Crippen molar-refractivity contribution in [2.24, 2.45) is 0 Å². The molecule has 45 heavy (non-hydrogen) atoms. The van der Waals surface area contributed by atoms with Crippen molar-refractivity contribution in [3.8, 4) is 0 Å². The summed E-state index contributed by atoms with van der Waals surface area (Å²) in [5, 5.41) is 21.6. The lowest BCUT2D eigenvalue weighted by Gasteiger charge is -2.35. The fourth-order valence-electron chi connectivity index (χ4n) is 8.32. The van der Waals surface area contributed by atoms with Gasteiger partial charge in [-0.15, -0.1) is 0 Å². The minimum atomic E-state index is -2.79. The molecule has 208 valence electrons. The van der Waals surface area contributed by atoms with Gasteiger partial charge >= 0.3 is 0 Å². The van der Waals surface area contributed by atoms with E-state index >= 15 is 0 Å². The van der Waals surface area contributed by atoms with Crippen molar-refractivity contribution >= 4 is 93.5 Å². The van der Waals surface area contributed by atoms with Crippen LogP contribution in [0.2, 0.25) is 0 Å². The molecular formula is C44H28Si. The molecule has 10 aromatic carbocycles. The van der Waals surface area contributed by atoms with E-state index in [4.69, 9.17) is 0 Å². The van der Waals surface area contributed by atoms with Gasteiger partial charge in [0.2, 0.25) is 0 Å². The second kappa shape index (κ2) is 9.25. The third-order valence-corrected chi connectivity index (χ3v) is 14.9. The predicted molar refractivity (Wildman–Crippen MR) is 197 cm³/mol. The minimum Gasteiger partial charge on any atom is -0.0623 e. The molecule has 0 amide bonds. The van der Waals surface area contributed by atoms with Gasteiger partial charge in [0.1, 0.15) is 0 Å². The molecule has 0 spiro atoms. The maximum atomic E-state index is 2.52. The molecule has 1 heteroatoms. The van der Waals surface area contributed by atoms with E-state index in [1.54, 1.807) is 0 Å². The Morgan fingerprint density at radius 1 is 0.222 bits per heavy atom. The first-order chi connectivity index (χ1) is 22.3. The average Bonchev–Trinajstić information content (AvgIpc) is 3.11. The molecule has 0 aromatic heterocycles. The van der Waals surface area contributed by atoms with E-state index in [0.717, 1.165) is 0 Å². The van der Waals surface area contributed by atoms with Gasteiger partial charge in [0.15, 0.2) is 8.07 Å². The van der Waals surface area contributed by atoms with Crippen LogP contribution in [0.4, 0.5) is 0 Å². The van der Waals surface area contributed by atoms with Crippen LogP contribution < -0.4 is 20.7 Å². The quantitative estimate of drug-likeness (QED) is 0.110. The van der Waals surface area contributed by atoms with E-state index in [2.05, 4.69) is 170 Å². The molecule has 0 aliphatic carbocycles. The van der Waals surface area contributed by atoms with Gasteiger partial charge in [0.25, 0.3) is 0 Å². The maximum Gasteiger partial charge on any atom is 0.179 e. The van der Waals surface area contributed by atoms with Crippen LogP contribution in [0.1, 0.15) is 0 Å². The summed E-state index contributed by atoms with van der Waals surface area (Å²) in [6.45, 7) is 0. The molecule has 0 bridgehead atoms. The van der Waals surface area contributed by atoms with Gasteiger partial charge in [-0.1, -0.05) is 170 Å². The highest BCUT2D eigenvalue weighted by Crippen LogP contribution is 2.36. The zero-order valence-electron chi connectivity index (χ0n) is 24.7. The lowest BCUT2D eigenvalue weighted by molar-refractivity contribution is 1.69. The Bertz CT molecular complexity index is 2370. The molecule has 0 fully saturated rings. The van der Waals surface area contributed by atoms with Crippen molar-refractivity contribution in [1.29, 1.82) is 0 Å². The molecule has 0 heterocycles. The van der Waals surface area contributed by atoms with Crippen LogP contribution in [-0.4, -0.2) is 8.07 Å². The topological polar surface area (TPSA) is 0 Å². The molecule has 0 saturated heterocycles. The molecule has 0 nitrogen and oxygen atoms in total. The molecule has 0 radical (unpaired) electrons. The third-order valence-electron chi connectivity index (χ3n) is 10.2. The summed E-state index contributed by atoms with van der Waals surface area (Å²) in [6, 6.07) is 64.6. The van der Waals surface area contributed by atoms with Gasteiger partial charge < -0.3 is 0 Å². The molecular weight excluding hydrogens is 557 g/mol. The minimum absolute atomic E-state index is 1.31. The Labute approximate surface area is 262 Å². The summed E-state index contributed by atoms with van der Waals surface area (Å²) >= 11 is 0. The van der Waals surface area contributed by atoms with Gasteiger partial charge in [-0.05, 0) is 85.4 Å². The van der Waals surface area contributed by atoms with Crippen molar-refractivity contribution in [3.63, 3.8) is 0 Å². The number of hydrogen-bond acceptors (Lipinski definition) is 0. The van der Waals surface area contributed by atoms with Gasteiger partial charge in [0, 0.05) is 0 Å². The fourth-order valence-corrected chi connectivity index (χ4v) is 13.2. The highest BCUT2D eigenvalue weighted by Gasteiger charge is 2.42. The van der Waals surface area contributed by atoms with E-state index in [9.17, 15) is 0 Å². The van der Waals surface area contributed by atoms with Crippen molar-refractivity contribution in [2.45, 2.75) is 0 Å². The Kier molecular flexibility index (Phi) is 5.12. The third kappa shape index (κ3) is 3.42. The van der Waals surface area contributed by atoms with Gasteiger partial charge in [-0.3, -0.25) is 0 Å². The van der Waals surface area contributed by atoms with Crippen LogP contribution in [0, 0.1) is 0 Å². The Morgan fingerprint density at radius 3 is 0.844 bits per heavy atom. The molecule has 0 N–H and O–H groups in total. The zero-order valence-corrected chi connectivity index (χ0v) is 25.7. The summed E-state index contributed by atoms with van der Waals surface area (Å²) in [7, 11) is -2.79. The van der Waals surface area contributed by atoms with Gasteiger partial charge in [-0.25, -0.2) is 0 Å². The lowest BCUT2D eigenvalue weighted by Crippen LogP contribution is -2.74. The van der Waals surface area contributed by atoms with Gasteiger partial charge in [0.05, 0.1) is 0 Å². The van der Waals surface area contributed by atoms with E-state index in [1.807, 2.05) is 0 Å². The molecule has 0 saturated carbocycles. The highest BCUT2D eigenvalue weighted by molar-refractivity contribution is 7.20. The molecule has 0 unspecified atom stereocenters. The van der Waals surface area contributed by atoms with Crippen molar-refractivity contribution in [1.82, 2.24) is 0 Å². The van der Waals surface area contributed by atoms with Crippen LogP contribution in [-0.2, 0) is 0 Å². The summed E-state index contributed by atoms with van der Waals surface area (Å²) in [5.41, 5.74) is 0. The standard InChI is InChI=1S/C44H28Si/c1-3-13-37(14-4-1)45(38-15-5-2-6-16-38,39-25-33-21-17-29-9-7-10-30-18-22-34(26-39)43(33)41(29)30)40-27-35-23-19-31-11-8-12-32-20-24-36(28-40)44(35)42(31)32/h1-28H. The first-order valence-corrected chi connectivity index (χ1v) is 17.8. The zero-order chi connectivity index (χ0) is 29.5. The van der Waals surface area contributed by atoms with Gasteiger partial charge in [-0.2, -0.15) is 0 Å². The van der Waals surface area contributed by atoms with Crippen molar-refractivity contribution in [2.75, 3.05) is 0 Å². The molecule has 0 atom stereocenters. The number of benzene rings is 10. The Balaban J connectivity index is 1.38. The van der Waals surface area contributed by atoms with Crippen LogP contribution in [0.25, 0.3) is 64.6 Å². The first kappa shape index (κ1) is 24.9. The fraction of sp³-hybridized carbons (Fsp3) is 0. The Morgan fingerprint density at radius 2 is 0.511 bits per heavy atom. The highest BCUT2D eigenvalue weighted by atomic mass is 28.3. The summed E-state index contributed by atoms with van der Waals surface area (Å²) in [5.74, 6) is 0.